The third kappa shape index (κ3) is 2.32. The fourth-order valence-electron chi connectivity index (χ4n) is 1.43. The second-order valence-electron chi connectivity index (χ2n) is 3.29. The molecule has 0 aliphatic carbocycles. The molecule has 0 heterocycles. The first-order chi connectivity index (χ1) is 7.00. The van der Waals surface area contributed by atoms with Gasteiger partial charge in [-0.3, -0.25) is 0 Å². The maximum Gasteiger partial charge on any atom is 0.379 e. The number of aliphatic carboxylic acids is 1. The van der Waals surface area contributed by atoms with E-state index in [9.17, 15) is 13.6 Å². The molecule has 15 heavy (non-hydrogen) atoms. The fourth-order valence-corrected chi connectivity index (χ4v) is 1.43. The molecule has 0 fully saturated rings. The van der Waals surface area contributed by atoms with Gasteiger partial charge in [0.25, 0.3) is 0 Å². The molecule has 0 aliphatic rings. The molecule has 4 heteroatoms. The van der Waals surface area contributed by atoms with Crippen LogP contribution in [-0.4, -0.2) is 11.1 Å². The van der Waals surface area contributed by atoms with Gasteiger partial charge in [-0.05, 0) is 12.0 Å². The van der Waals surface area contributed by atoms with Crippen LogP contribution < -0.4 is 0 Å². The van der Waals surface area contributed by atoms with Crippen LogP contribution in [0.2, 0.25) is 0 Å². The van der Waals surface area contributed by atoms with Gasteiger partial charge in [0.1, 0.15) is 0 Å². The van der Waals surface area contributed by atoms with Crippen molar-refractivity contribution in [2.75, 3.05) is 0 Å². The molecule has 0 aliphatic heterocycles. The van der Waals surface area contributed by atoms with Crippen molar-refractivity contribution >= 4 is 5.97 Å². The van der Waals surface area contributed by atoms with E-state index in [4.69, 9.17) is 5.11 Å². The van der Waals surface area contributed by atoms with Crippen molar-refractivity contribution in [1.29, 1.82) is 0 Å². The Morgan fingerprint density at radius 3 is 2.53 bits per heavy atom. The summed E-state index contributed by atoms with van der Waals surface area (Å²) >= 11 is 0. The molecule has 82 valence electrons. The van der Waals surface area contributed by atoms with Crippen molar-refractivity contribution in [3.63, 3.8) is 0 Å². The Morgan fingerprint density at radius 2 is 2.00 bits per heavy atom. The summed E-state index contributed by atoms with van der Waals surface area (Å²) in [7, 11) is 0. The summed E-state index contributed by atoms with van der Waals surface area (Å²) in [5.74, 6) is -5.91. The molecule has 1 N–H and O–H groups in total. The van der Waals surface area contributed by atoms with Gasteiger partial charge in [-0.2, -0.15) is 8.78 Å². The number of benzene rings is 1. The third-order valence-corrected chi connectivity index (χ3v) is 2.14. The molecule has 0 aromatic heterocycles. The van der Waals surface area contributed by atoms with E-state index < -0.39 is 17.5 Å². The van der Waals surface area contributed by atoms with Crippen molar-refractivity contribution in [2.24, 2.45) is 0 Å². The molecule has 2 nitrogen and oxygen atoms in total. The molecule has 1 aromatic rings. The lowest BCUT2D eigenvalue weighted by atomic mass is 9.98. The summed E-state index contributed by atoms with van der Waals surface area (Å²) in [6, 6.07) is 5.76. The monoisotopic (exact) mass is 214 g/mol. The van der Waals surface area contributed by atoms with E-state index in [1.807, 2.05) is 6.92 Å². The van der Waals surface area contributed by atoms with Gasteiger partial charge >= 0.3 is 11.9 Å². The van der Waals surface area contributed by atoms with Crippen LogP contribution >= 0.6 is 0 Å². The normalized spacial score (nSPS) is 11.4. The first-order valence-electron chi connectivity index (χ1n) is 4.69. The highest BCUT2D eigenvalue weighted by atomic mass is 19.3. The number of carbonyl (C=O) groups is 1. The van der Waals surface area contributed by atoms with E-state index in [0.717, 1.165) is 0 Å². The number of hydrogen-bond acceptors (Lipinski definition) is 1. The Labute approximate surface area is 86.5 Å². The predicted molar refractivity (Wildman–Crippen MR) is 52.0 cm³/mol. The zero-order valence-electron chi connectivity index (χ0n) is 8.34. The molecule has 0 unspecified atom stereocenters. The molecule has 0 atom stereocenters. The summed E-state index contributed by atoms with van der Waals surface area (Å²) in [6.45, 7) is 1.86. The van der Waals surface area contributed by atoms with E-state index in [0.29, 0.717) is 18.4 Å². The van der Waals surface area contributed by atoms with Crippen molar-refractivity contribution in [1.82, 2.24) is 0 Å². The van der Waals surface area contributed by atoms with Crippen LogP contribution in [0.15, 0.2) is 24.3 Å². The van der Waals surface area contributed by atoms with Gasteiger partial charge in [-0.25, -0.2) is 4.79 Å². The van der Waals surface area contributed by atoms with Gasteiger partial charge in [-0.15, -0.1) is 0 Å². The Kier molecular flexibility index (Phi) is 3.39. The quantitative estimate of drug-likeness (QED) is 0.836. The van der Waals surface area contributed by atoms with E-state index in [1.54, 1.807) is 6.07 Å². The lowest BCUT2D eigenvalue weighted by Gasteiger charge is -2.15. The minimum atomic E-state index is -3.80. The smallest absolute Gasteiger partial charge is 0.379 e. The number of rotatable bonds is 4. The summed E-state index contributed by atoms with van der Waals surface area (Å²) < 4.78 is 26.5. The molecule has 0 spiro atoms. The first-order valence-corrected chi connectivity index (χ1v) is 4.69. The second-order valence-corrected chi connectivity index (χ2v) is 3.29. The van der Waals surface area contributed by atoms with E-state index in [2.05, 4.69) is 0 Å². The van der Waals surface area contributed by atoms with E-state index in [-0.39, 0.29) is 0 Å². The van der Waals surface area contributed by atoms with Gasteiger partial charge in [0.15, 0.2) is 0 Å². The van der Waals surface area contributed by atoms with E-state index in [1.165, 1.54) is 18.2 Å². The average molecular weight is 214 g/mol. The highest BCUT2D eigenvalue weighted by Gasteiger charge is 2.42. The van der Waals surface area contributed by atoms with Crippen LogP contribution in [0, 0.1) is 0 Å². The number of carboxylic acid groups (broad SMARTS) is 1. The summed E-state index contributed by atoms with van der Waals surface area (Å²) in [5, 5.41) is 8.44. The Morgan fingerprint density at radius 1 is 1.40 bits per heavy atom. The van der Waals surface area contributed by atoms with Crippen LogP contribution in [0.4, 0.5) is 8.78 Å². The van der Waals surface area contributed by atoms with Gasteiger partial charge in [0.2, 0.25) is 0 Å². The highest BCUT2D eigenvalue weighted by Crippen LogP contribution is 2.31. The molecule has 0 amide bonds. The molecule has 0 radical (unpaired) electrons. The van der Waals surface area contributed by atoms with Crippen molar-refractivity contribution in [3.05, 3.63) is 35.4 Å². The van der Waals surface area contributed by atoms with Crippen molar-refractivity contribution in [3.8, 4) is 0 Å². The summed E-state index contributed by atoms with van der Waals surface area (Å²) in [4.78, 5) is 10.4. The average Bonchev–Trinajstić information content (AvgIpc) is 2.18. The first kappa shape index (κ1) is 11.6. The SMILES string of the molecule is CCCc1ccccc1C(F)(F)C(=O)O. The lowest BCUT2D eigenvalue weighted by Crippen LogP contribution is -2.26. The molecule has 0 saturated heterocycles. The number of halogens is 2. The standard InChI is InChI=1S/C11H12F2O2/c1-2-5-8-6-3-4-7-9(8)11(12,13)10(14)15/h3-4,6-7H,2,5H2,1H3,(H,14,15). The van der Waals surface area contributed by atoms with Crippen LogP contribution in [0.1, 0.15) is 24.5 Å². The van der Waals surface area contributed by atoms with Gasteiger partial charge in [0.05, 0.1) is 0 Å². The second kappa shape index (κ2) is 4.38. The Balaban J connectivity index is 3.18. The topological polar surface area (TPSA) is 37.3 Å². The molecular formula is C11H12F2O2. The summed E-state index contributed by atoms with van der Waals surface area (Å²) in [5.41, 5.74) is -0.00764. The Bertz CT molecular complexity index is 361. The van der Waals surface area contributed by atoms with Crippen LogP contribution in [0.25, 0.3) is 0 Å². The zero-order valence-corrected chi connectivity index (χ0v) is 8.34. The minimum absolute atomic E-state index is 0.396. The molecular weight excluding hydrogens is 202 g/mol. The molecule has 0 saturated carbocycles. The number of aryl methyl sites for hydroxylation is 1. The number of alkyl halides is 2. The number of hydrogen-bond donors (Lipinski definition) is 1. The highest BCUT2D eigenvalue weighted by molar-refractivity contribution is 5.77. The summed E-state index contributed by atoms with van der Waals surface area (Å²) in [6.07, 6.45) is 1.16. The minimum Gasteiger partial charge on any atom is -0.477 e. The van der Waals surface area contributed by atoms with Gasteiger partial charge in [0, 0.05) is 5.56 Å². The molecule has 1 aromatic carbocycles. The predicted octanol–water partition coefficient (Wildman–Crippen LogP) is 2.82. The van der Waals surface area contributed by atoms with Gasteiger partial charge in [-0.1, -0.05) is 37.6 Å². The van der Waals surface area contributed by atoms with Crippen LogP contribution in [0.3, 0.4) is 0 Å². The maximum atomic E-state index is 13.3. The van der Waals surface area contributed by atoms with Gasteiger partial charge < -0.3 is 5.11 Å². The van der Waals surface area contributed by atoms with Crippen molar-refractivity contribution < 1.29 is 18.7 Å². The van der Waals surface area contributed by atoms with Crippen LogP contribution in [0.5, 0.6) is 0 Å². The zero-order chi connectivity index (χ0) is 11.5. The number of carboxylic acids is 1. The maximum absolute atomic E-state index is 13.3. The fraction of sp³-hybridized carbons (Fsp3) is 0.364. The van der Waals surface area contributed by atoms with Crippen LogP contribution in [-0.2, 0) is 17.1 Å². The largest absolute Gasteiger partial charge is 0.477 e. The van der Waals surface area contributed by atoms with E-state index >= 15 is 0 Å². The van der Waals surface area contributed by atoms with Crippen molar-refractivity contribution in [2.45, 2.75) is 25.7 Å². The Hall–Kier alpha value is -1.45. The lowest BCUT2D eigenvalue weighted by molar-refractivity contribution is -0.166. The molecule has 0 bridgehead atoms. The molecule has 1 rings (SSSR count). The third-order valence-electron chi connectivity index (χ3n) is 2.14.